The summed E-state index contributed by atoms with van der Waals surface area (Å²) in [6, 6.07) is 45.2. The molecule has 6 aromatic carbocycles. The predicted molar refractivity (Wildman–Crippen MR) is 249 cm³/mol. The molecule has 2 N–H and O–H groups in total. The second-order valence-electron chi connectivity index (χ2n) is 14.7. The van der Waals surface area contributed by atoms with E-state index in [2.05, 4.69) is 129 Å². The lowest BCUT2D eigenvalue weighted by Crippen LogP contribution is -2.25. The van der Waals surface area contributed by atoms with Crippen LogP contribution in [0.25, 0.3) is 77.3 Å². The first-order valence-corrected chi connectivity index (χ1v) is 21.0. The molecule has 0 amide bonds. The van der Waals surface area contributed by atoms with Crippen molar-refractivity contribution in [3.8, 4) is 33.9 Å². The number of pyridine rings is 1. The van der Waals surface area contributed by atoms with Crippen LogP contribution in [-0.4, -0.2) is 55.5 Å². The largest absolute Gasteiger partial charge is 0.367 e. The highest BCUT2D eigenvalue weighted by atomic mass is 79.9. The van der Waals surface area contributed by atoms with Gasteiger partial charge >= 0.3 is 0 Å². The Morgan fingerprint density at radius 1 is 0.661 bits per heavy atom. The molecule has 0 radical (unpaired) electrons. The fourth-order valence-corrected chi connectivity index (χ4v) is 8.01. The van der Waals surface area contributed by atoms with Gasteiger partial charge in [0.1, 0.15) is 11.6 Å². The van der Waals surface area contributed by atoms with E-state index in [1.54, 1.807) is 6.07 Å². The average molecular weight is 841 g/mol. The van der Waals surface area contributed by atoms with Crippen LogP contribution in [0.2, 0.25) is 0 Å². The number of aromatic amines is 1. The number of hydrogen-bond donors (Lipinski definition) is 2. The summed E-state index contributed by atoms with van der Waals surface area (Å²) in [7, 11) is 0. The zero-order chi connectivity index (χ0) is 40.7. The van der Waals surface area contributed by atoms with E-state index in [9.17, 15) is 4.79 Å². The molecule has 294 valence electrons. The van der Waals surface area contributed by atoms with Crippen LogP contribution in [0.1, 0.15) is 33.6 Å². The van der Waals surface area contributed by atoms with Crippen LogP contribution < -0.4 is 10.9 Å². The van der Waals surface area contributed by atoms with Crippen molar-refractivity contribution < 1.29 is 0 Å². The van der Waals surface area contributed by atoms with Crippen LogP contribution in [0.5, 0.6) is 0 Å². The molecule has 9 rings (SSSR count). The van der Waals surface area contributed by atoms with Gasteiger partial charge in [-0.2, -0.15) is 0 Å². The summed E-state index contributed by atoms with van der Waals surface area (Å²) in [5, 5.41) is 10.0. The van der Waals surface area contributed by atoms with Crippen molar-refractivity contribution in [2.24, 2.45) is 0 Å². The van der Waals surface area contributed by atoms with Gasteiger partial charge in [-0.25, -0.2) is 15.0 Å². The second-order valence-corrected chi connectivity index (χ2v) is 15.6. The lowest BCUT2D eigenvalue weighted by atomic mass is 10.0. The molecular formula is C50H46BrN7O. The summed E-state index contributed by atoms with van der Waals surface area (Å²) in [5.74, 6) is 2.20. The van der Waals surface area contributed by atoms with Crippen molar-refractivity contribution in [3.05, 3.63) is 161 Å². The van der Waals surface area contributed by atoms with E-state index in [-0.39, 0.29) is 5.56 Å². The molecule has 3 heterocycles. The molecule has 0 saturated heterocycles. The minimum Gasteiger partial charge on any atom is -0.367 e. The monoisotopic (exact) mass is 839 g/mol. The highest BCUT2D eigenvalue weighted by molar-refractivity contribution is 9.10. The molecule has 0 spiro atoms. The van der Waals surface area contributed by atoms with E-state index in [0.717, 1.165) is 92.5 Å². The summed E-state index contributed by atoms with van der Waals surface area (Å²) < 4.78 is 0.818. The molecule has 8 nitrogen and oxygen atoms in total. The summed E-state index contributed by atoms with van der Waals surface area (Å²) in [6.07, 6.45) is 5.89. The fraction of sp³-hybridized carbons (Fsp3) is 0.180. The molecule has 59 heavy (non-hydrogen) atoms. The second kappa shape index (κ2) is 18.1. The average Bonchev–Trinajstić information content (AvgIpc) is 3.28. The van der Waals surface area contributed by atoms with Crippen LogP contribution >= 0.6 is 15.9 Å². The number of anilines is 1. The van der Waals surface area contributed by atoms with Crippen LogP contribution in [0.15, 0.2) is 155 Å². The minimum absolute atomic E-state index is 0.130. The van der Waals surface area contributed by atoms with E-state index in [1.165, 1.54) is 10.8 Å². The Hall–Kier alpha value is -6.29. The normalized spacial score (nSPS) is 11.9. The molecule has 0 aliphatic heterocycles. The molecule has 9 heteroatoms. The number of H-pyrrole nitrogens is 1. The molecule has 0 fully saturated rings. The van der Waals surface area contributed by atoms with Gasteiger partial charge in [0, 0.05) is 45.0 Å². The number of para-hydroxylation sites is 2. The number of fused-ring (bicyclic) bond motifs is 4. The SMILES string of the molecule is CCN(CC)CCCC(C)Nc1nc(-c2ccc3ccccc3c2)nc2c(-c3ccncc3)cccc12.O=c1[nH]c(-c2ccc3ccccc3c2)nc2c(Br)cccc12. The Labute approximate surface area is 352 Å². The molecule has 0 aliphatic carbocycles. The Bertz CT molecular complexity index is 2950. The highest BCUT2D eigenvalue weighted by Gasteiger charge is 2.16. The third kappa shape index (κ3) is 8.92. The predicted octanol–water partition coefficient (Wildman–Crippen LogP) is 11.9. The number of nitrogens with zero attached hydrogens (tertiary/aromatic N) is 5. The Balaban J connectivity index is 0.000000186. The summed E-state index contributed by atoms with van der Waals surface area (Å²) in [4.78, 5) is 36.6. The molecule has 0 aliphatic rings. The summed E-state index contributed by atoms with van der Waals surface area (Å²) >= 11 is 3.46. The topological polar surface area (TPSA) is 99.7 Å². The summed E-state index contributed by atoms with van der Waals surface area (Å²) in [6.45, 7) is 10.0. The standard InChI is InChI=1S/C32H35N5.C18H11BrN2O/c1-4-37(5-2)21-9-10-23(3)34-32-29-14-8-13-28(25-17-19-33-20-18-25)30(29)35-31(36-32)27-16-15-24-11-6-7-12-26(24)22-27;19-15-7-3-6-14-16(15)20-17(21-18(14)22)13-9-8-11-4-1-2-5-12(11)10-13/h6-8,11-20,22-23H,4-5,9-10,21H2,1-3H3,(H,34,35,36);1-10H,(H,20,21,22). The van der Waals surface area contributed by atoms with Gasteiger partial charge in [0.2, 0.25) is 0 Å². The zero-order valence-corrected chi connectivity index (χ0v) is 35.1. The number of benzene rings is 6. The number of nitrogens with one attached hydrogen (secondary N) is 2. The van der Waals surface area contributed by atoms with Gasteiger partial charge in [0.05, 0.1) is 16.4 Å². The van der Waals surface area contributed by atoms with Crippen molar-refractivity contribution in [1.29, 1.82) is 0 Å². The van der Waals surface area contributed by atoms with Crippen LogP contribution in [-0.2, 0) is 0 Å². The third-order valence-electron chi connectivity index (χ3n) is 10.8. The number of rotatable bonds is 11. The van der Waals surface area contributed by atoms with Gasteiger partial charge in [0.25, 0.3) is 5.56 Å². The number of aromatic nitrogens is 5. The molecule has 0 bridgehead atoms. The van der Waals surface area contributed by atoms with Crippen molar-refractivity contribution in [1.82, 2.24) is 29.8 Å². The molecule has 9 aromatic rings. The van der Waals surface area contributed by atoms with E-state index in [0.29, 0.717) is 22.8 Å². The minimum atomic E-state index is -0.130. The number of hydrogen-bond acceptors (Lipinski definition) is 7. The van der Waals surface area contributed by atoms with E-state index < -0.39 is 0 Å². The Morgan fingerprint density at radius 2 is 1.31 bits per heavy atom. The van der Waals surface area contributed by atoms with Crippen molar-refractivity contribution >= 4 is 65.1 Å². The maximum absolute atomic E-state index is 12.3. The van der Waals surface area contributed by atoms with Gasteiger partial charge in [-0.05, 0) is 125 Å². The van der Waals surface area contributed by atoms with Gasteiger partial charge in [-0.15, -0.1) is 0 Å². The fourth-order valence-electron chi connectivity index (χ4n) is 7.55. The smallest absolute Gasteiger partial charge is 0.259 e. The van der Waals surface area contributed by atoms with Gasteiger partial charge in [-0.3, -0.25) is 9.78 Å². The van der Waals surface area contributed by atoms with E-state index in [1.807, 2.05) is 73.1 Å². The van der Waals surface area contributed by atoms with Gasteiger partial charge < -0.3 is 15.2 Å². The van der Waals surface area contributed by atoms with Gasteiger partial charge in [0.15, 0.2) is 5.82 Å². The maximum Gasteiger partial charge on any atom is 0.259 e. The first-order valence-electron chi connectivity index (χ1n) is 20.3. The number of halogens is 1. The lowest BCUT2D eigenvalue weighted by molar-refractivity contribution is 0.295. The summed E-state index contributed by atoms with van der Waals surface area (Å²) in [5.41, 5.74) is 5.59. The molecular weight excluding hydrogens is 795 g/mol. The molecule has 1 atom stereocenters. The van der Waals surface area contributed by atoms with Crippen molar-refractivity contribution in [2.75, 3.05) is 25.0 Å². The lowest BCUT2D eigenvalue weighted by Gasteiger charge is -2.21. The Kier molecular flexibility index (Phi) is 12.1. The van der Waals surface area contributed by atoms with Crippen molar-refractivity contribution in [2.45, 2.75) is 39.7 Å². The molecule has 3 aromatic heterocycles. The molecule has 0 saturated carbocycles. The van der Waals surface area contributed by atoms with Crippen molar-refractivity contribution in [3.63, 3.8) is 0 Å². The van der Waals surface area contributed by atoms with Crippen LogP contribution in [0, 0.1) is 0 Å². The van der Waals surface area contributed by atoms with Gasteiger partial charge in [-0.1, -0.05) is 105 Å². The first-order chi connectivity index (χ1) is 28.9. The quantitative estimate of drug-likeness (QED) is 0.134. The maximum atomic E-state index is 12.3. The zero-order valence-electron chi connectivity index (χ0n) is 33.5. The van der Waals surface area contributed by atoms with E-state index >= 15 is 0 Å². The third-order valence-corrected chi connectivity index (χ3v) is 11.5. The van der Waals surface area contributed by atoms with E-state index in [4.69, 9.17) is 9.97 Å². The van der Waals surface area contributed by atoms with Crippen LogP contribution in [0.3, 0.4) is 0 Å². The molecule has 1 unspecified atom stereocenters. The first kappa shape index (κ1) is 39.5. The van der Waals surface area contributed by atoms with Crippen LogP contribution in [0.4, 0.5) is 5.82 Å². The highest BCUT2D eigenvalue weighted by Crippen LogP contribution is 2.34. The Morgan fingerprint density at radius 3 is 2.02 bits per heavy atom.